The van der Waals surface area contributed by atoms with Crippen molar-refractivity contribution in [3.05, 3.63) is 36.7 Å². The fourth-order valence-corrected chi connectivity index (χ4v) is 1.71. The molecule has 2 rings (SSSR count). The van der Waals surface area contributed by atoms with Crippen LogP contribution < -0.4 is 4.74 Å². The quantitative estimate of drug-likeness (QED) is 0.734. The average molecular weight is 230 g/mol. The zero-order chi connectivity index (χ0) is 12.3. The standard InChI is InChI=1S/C14H18N2O/c1-4-5-8-17-12-6-7-16-14(9-12)13(10-15-16)11(2)3/h6-7,9-10H,2,4-5,8H2,1,3H3. The minimum absolute atomic E-state index is 0.767. The van der Waals surface area contributed by atoms with Crippen LogP contribution in [0.25, 0.3) is 11.1 Å². The maximum absolute atomic E-state index is 5.69. The van der Waals surface area contributed by atoms with Gasteiger partial charge in [0.05, 0.1) is 18.3 Å². The van der Waals surface area contributed by atoms with Gasteiger partial charge in [-0.25, -0.2) is 4.52 Å². The van der Waals surface area contributed by atoms with Crippen LogP contribution in [0.3, 0.4) is 0 Å². The van der Waals surface area contributed by atoms with Gasteiger partial charge in [0.25, 0.3) is 0 Å². The summed E-state index contributed by atoms with van der Waals surface area (Å²) in [4.78, 5) is 0. The molecule has 0 saturated heterocycles. The maximum Gasteiger partial charge on any atom is 0.123 e. The fraction of sp³-hybridized carbons (Fsp3) is 0.357. The topological polar surface area (TPSA) is 26.5 Å². The van der Waals surface area contributed by atoms with Crippen LogP contribution in [0.5, 0.6) is 5.75 Å². The van der Waals surface area contributed by atoms with Crippen molar-refractivity contribution in [2.24, 2.45) is 0 Å². The fourth-order valence-electron chi connectivity index (χ4n) is 1.71. The number of aromatic nitrogens is 2. The summed E-state index contributed by atoms with van der Waals surface area (Å²) in [5.41, 5.74) is 3.14. The van der Waals surface area contributed by atoms with Gasteiger partial charge in [-0.1, -0.05) is 19.9 Å². The lowest BCUT2D eigenvalue weighted by Gasteiger charge is -2.06. The third-order valence-corrected chi connectivity index (χ3v) is 2.72. The summed E-state index contributed by atoms with van der Waals surface area (Å²) >= 11 is 0. The van der Waals surface area contributed by atoms with E-state index in [9.17, 15) is 0 Å². The molecule has 2 aromatic heterocycles. The molecule has 0 N–H and O–H groups in total. The van der Waals surface area contributed by atoms with Crippen LogP contribution in [0.1, 0.15) is 32.3 Å². The van der Waals surface area contributed by atoms with E-state index < -0.39 is 0 Å². The van der Waals surface area contributed by atoms with Crippen LogP contribution in [0.15, 0.2) is 31.1 Å². The van der Waals surface area contributed by atoms with Gasteiger partial charge in [0.2, 0.25) is 0 Å². The molecule has 0 spiro atoms. The lowest BCUT2D eigenvalue weighted by molar-refractivity contribution is 0.309. The zero-order valence-electron chi connectivity index (χ0n) is 10.4. The first-order chi connectivity index (χ1) is 8.22. The Bertz CT molecular complexity index is 528. The highest BCUT2D eigenvalue weighted by atomic mass is 16.5. The van der Waals surface area contributed by atoms with Crippen molar-refractivity contribution in [3.8, 4) is 5.75 Å². The number of pyridine rings is 1. The zero-order valence-corrected chi connectivity index (χ0v) is 10.4. The molecule has 3 nitrogen and oxygen atoms in total. The highest BCUT2D eigenvalue weighted by Gasteiger charge is 2.05. The van der Waals surface area contributed by atoms with E-state index in [2.05, 4.69) is 18.6 Å². The van der Waals surface area contributed by atoms with E-state index in [-0.39, 0.29) is 0 Å². The minimum Gasteiger partial charge on any atom is -0.493 e. The normalized spacial score (nSPS) is 10.7. The van der Waals surface area contributed by atoms with Crippen molar-refractivity contribution in [2.75, 3.05) is 6.61 Å². The minimum atomic E-state index is 0.767. The Kier molecular flexibility index (Phi) is 3.47. The third-order valence-electron chi connectivity index (χ3n) is 2.72. The number of hydrogen-bond acceptors (Lipinski definition) is 2. The highest BCUT2D eigenvalue weighted by Crippen LogP contribution is 2.22. The Morgan fingerprint density at radius 2 is 2.35 bits per heavy atom. The van der Waals surface area contributed by atoms with Gasteiger partial charge in [-0.3, -0.25) is 0 Å². The van der Waals surface area contributed by atoms with E-state index in [0.29, 0.717) is 0 Å². The number of nitrogens with zero attached hydrogens (tertiary/aromatic N) is 2. The molecule has 0 unspecified atom stereocenters. The molecule has 0 bridgehead atoms. The lowest BCUT2D eigenvalue weighted by atomic mass is 10.1. The summed E-state index contributed by atoms with van der Waals surface area (Å²) in [5.74, 6) is 0.897. The van der Waals surface area contributed by atoms with Crippen LogP contribution in [0.2, 0.25) is 0 Å². The first-order valence-electron chi connectivity index (χ1n) is 5.98. The van der Waals surface area contributed by atoms with Crippen molar-refractivity contribution in [2.45, 2.75) is 26.7 Å². The molecule has 0 aliphatic rings. The number of allylic oxidation sites excluding steroid dienone is 1. The SMILES string of the molecule is C=C(C)c1cnn2ccc(OCCCC)cc12. The van der Waals surface area contributed by atoms with E-state index in [4.69, 9.17) is 4.74 Å². The Balaban J connectivity index is 2.28. The van der Waals surface area contributed by atoms with Gasteiger partial charge < -0.3 is 4.74 Å². The van der Waals surface area contributed by atoms with Crippen LogP contribution in [0.4, 0.5) is 0 Å². The first kappa shape index (κ1) is 11.7. The summed E-state index contributed by atoms with van der Waals surface area (Å²) in [6, 6.07) is 3.96. The average Bonchev–Trinajstić information content (AvgIpc) is 2.72. The van der Waals surface area contributed by atoms with Gasteiger partial charge in [-0.2, -0.15) is 5.10 Å². The van der Waals surface area contributed by atoms with E-state index in [1.165, 1.54) is 0 Å². The number of rotatable bonds is 5. The Labute approximate surface area is 102 Å². The number of fused-ring (bicyclic) bond motifs is 1. The van der Waals surface area contributed by atoms with Gasteiger partial charge >= 0.3 is 0 Å². The number of ether oxygens (including phenoxy) is 1. The van der Waals surface area contributed by atoms with Gasteiger partial charge in [-0.05, 0) is 25.0 Å². The number of hydrogen-bond donors (Lipinski definition) is 0. The van der Waals surface area contributed by atoms with Gasteiger partial charge in [0.15, 0.2) is 0 Å². The monoisotopic (exact) mass is 230 g/mol. The largest absolute Gasteiger partial charge is 0.493 e. The second-order valence-corrected chi connectivity index (χ2v) is 4.23. The molecular weight excluding hydrogens is 212 g/mol. The molecule has 0 amide bonds. The van der Waals surface area contributed by atoms with Crippen LogP contribution >= 0.6 is 0 Å². The van der Waals surface area contributed by atoms with Gasteiger partial charge in [0, 0.05) is 17.8 Å². The Hall–Kier alpha value is -1.77. The van der Waals surface area contributed by atoms with Crippen molar-refractivity contribution in [1.82, 2.24) is 9.61 Å². The van der Waals surface area contributed by atoms with Crippen LogP contribution in [-0.2, 0) is 0 Å². The summed E-state index contributed by atoms with van der Waals surface area (Å²) in [6.07, 6.45) is 5.99. The van der Waals surface area contributed by atoms with Crippen molar-refractivity contribution in [3.63, 3.8) is 0 Å². The molecule has 0 fully saturated rings. The van der Waals surface area contributed by atoms with Crippen molar-refractivity contribution < 1.29 is 4.74 Å². The lowest BCUT2D eigenvalue weighted by Crippen LogP contribution is -1.97. The predicted molar refractivity (Wildman–Crippen MR) is 70.3 cm³/mol. The molecular formula is C14H18N2O. The summed E-state index contributed by atoms with van der Waals surface area (Å²) < 4.78 is 7.53. The summed E-state index contributed by atoms with van der Waals surface area (Å²) in [6.45, 7) is 8.87. The third kappa shape index (κ3) is 2.49. The van der Waals surface area contributed by atoms with E-state index in [1.807, 2.05) is 36.0 Å². The van der Waals surface area contributed by atoms with Gasteiger partial charge in [-0.15, -0.1) is 0 Å². The Morgan fingerprint density at radius 3 is 3.06 bits per heavy atom. The van der Waals surface area contributed by atoms with Crippen molar-refractivity contribution >= 4 is 11.1 Å². The summed E-state index contributed by atoms with van der Waals surface area (Å²) in [7, 11) is 0. The molecule has 0 saturated carbocycles. The van der Waals surface area contributed by atoms with Crippen molar-refractivity contribution in [1.29, 1.82) is 0 Å². The molecule has 0 radical (unpaired) electrons. The predicted octanol–water partition coefficient (Wildman–Crippen LogP) is 3.55. The second-order valence-electron chi connectivity index (χ2n) is 4.23. The highest BCUT2D eigenvalue weighted by molar-refractivity contribution is 5.76. The maximum atomic E-state index is 5.69. The van der Waals surface area contributed by atoms with Crippen LogP contribution in [-0.4, -0.2) is 16.2 Å². The first-order valence-corrected chi connectivity index (χ1v) is 5.98. The molecule has 2 heterocycles. The molecule has 0 aliphatic carbocycles. The molecule has 3 heteroatoms. The van der Waals surface area contributed by atoms with E-state index >= 15 is 0 Å². The molecule has 17 heavy (non-hydrogen) atoms. The van der Waals surface area contributed by atoms with E-state index in [1.54, 1.807) is 0 Å². The number of unbranched alkanes of at least 4 members (excludes halogenated alkanes) is 1. The van der Waals surface area contributed by atoms with Gasteiger partial charge in [0.1, 0.15) is 5.75 Å². The molecule has 0 atom stereocenters. The molecule has 2 aromatic rings. The molecule has 90 valence electrons. The van der Waals surface area contributed by atoms with E-state index in [0.717, 1.165) is 41.9 Å². The van der Waals surface area contributed by atoms with Crippen LogP contribution in [0, 0.1) is 0 Å². The smallest absolute Gasteiger partial charge is 0.123 e. The summed E-state index contributed by atoms with van der Waals surface area (Å²) in [5, 5.41) is 4.28. The Morgan fingerprint density at radius 1 is 1.53 bits per heavy atom. The molecule has 0 aromatic carbocycles. The second kappa shape index (κ2) is 5.04. The molecule has 0 aliphatic heterocycles.